The summed E-state index contributed by atoms with van der Waals surface area (Å²) < 4.78 is 40.2. The van der Waals surface area contributed by atoms with Gasteiger partial charge < -0.3 is 10.1 Å². The zero-order valence-corrected chi connectivity index (χ0v) is 14.6. The van der Waals surface area contributed by atoms with Crippen LogP contribution in [0.3, 0.4) is 0 Å². The standard InChI is InChI=1S/C20H16F3N3O2/c21-20(22,23)28-17-8-6-16(7-9-17)19(27)24-11-10-14-12-25-18(26-13-14)15-4-2-1-3-5-15/h1-9,12-13H,10-11H2,(H,24,27). The molecule has 0 unspecified atom stereocenters. The highest BCUT2D eigenvalue weighted by molar-refractivity contribution is 5.94. The molecule has 0 atom stereocenters. The van der Waals surface area contributed by atoms with Crippen LogP contribution in [0.1, 0.15) is 15.9 Å². The molecule has 8 heteroatoms. The molecule has 2 aromatic carbocycles. The third-order valence-electron chi connectivity index (χ3n) is 3.79. The molecule has 5 nitrogen and oxygen atoms in total. The Kier molecular flexibility index (Phi) is 5.88. The number of halogens is 3. The summed E-state index contributed by atoms with van der Waals surface area (Å²) in [5, 5.41) is 2.70. The van der Waals surface area contributed by atoms with E-state index in [4.69, 9.17) is 0 Å². The number of nitrogens with zero attached hydrogens (tertiary/aromatic N) is 2. The molecule has 0 bridgehead atoms. The third kappa shape index (κ3) is 5.54. The van der Waals surface area contributed by atoms with Gasteiger partial charge in [0, 0.05) is 30.1 Å². The van der Waals surface area contributed by atoms with E-state index in [1.165, 1.54) is 12.1 Å². The smallest absolute Gasteiger partial charge is 0.406 e. The van der Waals surface area contributed by atoms with Gasteiger partial charge in [-0.15, -0.1) is 13.2 Å². The number of hydrogen-bond acceptors (Lipinski definition) is 4. The average Bonchev–Trinajstić information content (AvgIpc) is 2.68. The van der Waals surface area contributed by atoms with Gasteiger partial charge in [-0.2, -0.15) is 0 Å². The number of benzene rings is 2. The molecule has 3 aromatic rings. The molecule has 0 saturated heterocycles. The van der Waals surface area contributed by atoms with E-state index in [0.717, 1.165) is 23.3 Å². The SMILES string of the molecule is O=C(NCCc1cnc(-c2ccccc2)nc1)c1ccc(OC(F)(F)F)cc1. The van der Waals surface area contributed by atoms with Crippen LogP contribution in [-0.2, 0) is 6.42 Å². The fraction of sp³-hybridized carbons (Fsp3) is 0.150. The van der Waals surface area contributed by atoms with Crippen molar-refractivity contribution in [3.63, 3.8) is 0 Å². The van der Waals surface area contributed by atoms with Crippen molar-refractivity contribution in [2.45, 2.75) is 12.8 Å². The van der Waals surface area contributed by atoms with Gasteiger partial charge in [0.2, 0.25) is 0 Å². The van der Waals surface area contributed by atoms with Crippen molar-refractivity contribution in [3.8, 4) is 17.1 Å². The maximum Gasteiger partial charge on any atom is 0.573 e. The summed E-state index contributed by atoms with van der Waals surface area (Å²) in [6, 6.07) is 14.3. The van der Waals surface area contributed by atoms with Crippen molar-refractivity contribution in [2.75, 3.05) is 6.54 Å². The van der Waals surface area contributed by atoms with Crippen LogP contribution >= 0.6 is 0 Å². The molecule has 144 valence electrons. The zero-order chi connectivity index (χ0) is 20.0. The predicted molar refractivity (Wildman–Crippen MR) is 96.6 cm³/mol. The summed E-state index contributed by atoms with van der Waals surface area (Å²) in [5.74, 6) is -0.144. The van der Waals surface area contributed by atoms with E-state index in [1.807, 2.05) is 30.3 Å². The second-order valence-corrected chi connectivity index (χ2v) is 5.86. The van der Waals surface area contributed by atoms with Gasteiger partial charge in [-0.3, -0.25) is 4.79 Å². The second kappa shape index (κ2) is 8.51. The minimum absolute atomic E-state index is 0.241. The Bertz CT molecular complexity index is 912. The number of hydrogen-bond donors (Lipinski definition) is 1. The summed E-state index contributed by atoms with van der Waals surface area (Å²) in [7, 11) is 0. The van der Waals surface area contributed by atoms with Gasteiger partial charge in [0.25, 0.3) is 5.91 Å². The first-order valence-electron chi connectivity index (χ1n) is 8.41. The van der Waals surface area contributed by atoms with Gasteiger partial charge in [0.15, 0.2) is 5.82 Å². The Morgan fingerprint density at radius 1 is 0.964 bits per heavy atom. The summed E-state index contributed by atoms with van der Waals surface area (Å²) >= 11 is 0. The molecule has 3 rings (SSSR count). The molecule has 0 fully saturated rings. The van der Waals surface area contributed by atoms with Crippen molar-refractivity contribution in [2.24, 2.45) is 0 Å². The van der Waals surface area contributed by atoms with Gasteiger partial charge in [0.05, 0.1) is 0 Å². The first-order valence-corrected chi connectivity index (χ1v) is 8.41. The van der Waals surface area contributed by atoms with E-state index < -0.39 is 6.36 Å². The third-order valence-corrected chi connectivity index (χ3v) is 3.79. The maximum absolute atomic E-state index is 12.1. The number of amides is 1. The van der Waals surface area contributed by atoms with Crippen molar-refractivity contribution in [3.05, 3.63) is 78.1 Å². The maximum atomic E-state index is 12.1. The highest BCUT2D eigenvalue weighted by Crippen LogP contribution is 2.22. The molecule has 0 aliphatic carbocycles. The van der Waals surface area contributed by atoms with Crippen LogP contribution in [0.2, 0.25) is 0 Å². The molecule has 0 aliphatic heterocycles. The van der Waals surface area contributed by atoms with Gasteiger partial charge in [-0.05, 0) is 36.2 Å². The topological polar surface area (TPSA) is 64.1 Å². The predicted octanol–water partition coefficient (Wildman–Crippen LogP) is 4.01. The molecule has 1 N–H and O–H groups in total. The monoisotopic (exact) mass is 387 g/mol. The lowest BCUT2D eigenvalue weighted by atomic mass is 10.2. The Balaban J connectivity index is 1.50. The highest BCUT2D eigenvalue weighted by Gasteiger charge is 2.31. The molecule has 1 heterocycles. The van der Waals surface area contributed by atoms with Crippen LogP contribution in [0.15, 0.2) is 67.0 Å². The van der Waals surface area contributed by atoms with Crippen molar-refractivity contribution < 1.29 is 22.7 Å². The van der Waals surface area contributed by atoms with E-state index in [2.05, 4.69) is 20.0 Å². The van der Waals surface area contributed by atoms with Crippen LogP contribution in [0, 0.1) is 0 Å². The Labute approximate surface area is 159 Å². The molecule has 0 spiro atoms. The lowest BCUT2D eigenvalue weighted by molar-refractivity contribution is -0.274. The number of rotatable bonds is 6. The number of aromatic nitrogens is 2. The van der Waals surface area contributed by atoms with Crippen LogP contribution in [0.5, 0.6) is 5.75 Å². The quantitative estimate of drug-likeness (QED) is 0.694. The van der Waals surface area contributed by atoms with Crippen LogP contribution in [0.25, 0.3) is 11.4 Å². The Hall–Kier alpha value is -3.42. The summed E-state index contributed by atoms with van der Waals surface area (Å²) in [6.45, 7) is 0.341. The van der Waals surface area contributed by atoms with Gasteiger partial charge >= 0.3 is 6.36 Å². The fourth-order valence-electron chi connectivity index (χ4n) is 2.45. The molecule has 1 amide bonds. The minimum Gasteiger partial charge on any atom is -0.406 e. The van der Waals surface area contributed by atoms with Crippen LogP contribution in [-0.4, -0.2) is 28.8 Å². The lowest BCUT2D eigenvalue weighted by Crippen LogP contribution is -2.25. The van der Waals surface area contributed by atoms with Crippen LogP contribution in [0.4, 0.5) is 13.2 Å². The van der Waals surface area contributed by atoms with Crippen molar-refractivity contribution in [1.82, 2.24) is 15.3 Å². The normalized spacial score (nSPS) is 11.1. The molecule has 28 heavy (non-hydrogen) atoms. The number of nitrogens with one attached hydrogen (secondary N) is 1. The first kappa shape index (κ1) is 19.3. The van der Waals surface area contributed by atoms with Gasteiger partial charge in [-0.25, -0.2) is 9.97 Å². The molecular formula is C20H16F3N3O2. The minimum atomic E-state index is -4.76. The number of alkyl halides is 3. The highest BCUT2D eigenvalue weighted by atomic mass is 19.4. The van der Waals surface area contributed by atoms with Crippen molar-refractivity contribution >= 4 is 5.91 Å². The molecule has 1 aromatic heterocycles. The summed E-state index contributed by atoms with van der Waals surface area (Å²) in [6.07, 6.45) is -0.840. The van der Waals surface area contributed by atoms with E-state index in [-0.39, 0.29) is 17.2 Å². The molecule has 0 saturated carbocycles. The molecular weight excluding hydrogens is 371 g/mol. The number of carbonyl (C=O) groups is 1. The van der Waals surface area contributed by atoms with Crippen molar-refractivity contribution in [1.29, 1.82) is 0 Å². The zero-order valence-electron chi connectivity index (χ0n) is 14.6. The fourth-order valence-corrected chi connectivity index (χ4v) is 2.45. The molecule has 0 radical (unpaired) electrons. The van der Waals surface area contributed by atoms with Crippen LogP contribution < -0.4 is 10.1 Å². The second-order valence-electron chi connectivity index (χ2n) is 5.86. The van der Waals surface area contributed by atoms with E-state index in [1.54, 1.807) is 12.4 Å². The molecule has 0 aliphatic rings. The first-order chi connectivity index (χ1) is 13.4. The van der Waals surface area contributed by atoms with E-state index in [0.29, 0.717) is 18.8 Å². The summed E-state index contributed by atoms with van der Waals surface area (Å²) in [4.78, 5) is 20.7. The van der Waals surface area contributed by atoms with Gasteiger partial charge in [0.1, 0.15) is 5.75 Å². The van der Waals surface area contributed by atoms with E-state index in [9.17, 15) is 18.0 Å². The number of ether oxygens (including phenoxy) is 1. The van der Waals surface area contributed by atoms with E-state index >= 15 is 0 Å². The Morgan fingerprint density at radius 3 is 2.21 bits per heavy atom. The Morgan fingerprint density at radius 2 is 1.61 bits per heavy atom. The van der Waals surface area contributed by atoms with Gasteiger partial charge in [-0.1, -0.05) is 30.3 Å². The number of carbonyl (C=O) groups excluding carboxylic acids is 1. The largest absolute Gasteiger partial charge is 0.573 e. The summed E-state index contributed by atoms with van der Waals surface area (Å²) in [5.41, 5.74) is 2.01. The average molecular weight is 387 g/mol. The lowest BCUT2D eigenvalue weighted by Gasteiger charge is -2.09.